The van der Waals surface area contributed by atoms with Gasteiger partial charge in [-0.2, -0.15) is 0 Å². The topological polar surface area (TPSA) is 80.7 Å². The fourth-order valence-corrected chi connectivity index (χ4v) is 12.3. The minimum absolute atomic E-state index is 0. The first-order chi connectivity index (χ1) is 15.2. The molecule has 0 aliphatic carbocycles. The van der Waals surface area contributed by atoms with Gasteiger partial charge in [0.2, 0.25) is 0 Å². The Hall–Kier alpha value is -1.24. The predicted octanol–water partition coefficient (Wildman–Crippen LogP) is -0.633. The Morgan fingerprint density at radius 3 is 1.94 bits per heavy atom. The molecule has 0 heterocycles. The number of carbonyl (C=O) groups is 1. The van der Waals surface area contributed by atoms with Crippen molar-refractivity contribution in [1.29, 1.82) is 0 Å². The van der Waals surface area contributed by atoms with Crippen molar-refractivity contribution in [3.05, 3.63) is 78.9 Å². The van der Waals surface area contributed by atoms with Gasteiger partial charge >= 0.3 is 209 Å². The second kappa shape index (κ2) is 11.9. The van der Waals surface area contributed by atoms with Crippen LogP contribution in [0.1, 0.15) is 20.3 Å². The minimum Gasteiger partial charge on any atom is -1.00 e. The monoisotopic (exact) mass is 514 g/mol. The number of esters is 1. The average Bonchev–Trinajstić information content (AvgIpc) is 2.75. The molecule has 0 amide bonds. The molecule has 3 aromatic rings. The molecule has 0 aromatic heterocycles. The van der Waals surface area contributed by atoms with Gasteiger partial charge in [-0.05, 0) is 0 Å². The normalized spacial score (nSPS) is 12.5. The molecule has 0 fully saturated rings. The first-order valence-corrected chi connectivity index (χ1v) is 14.8. The summed E-state index contributed by atoms with van der Waals surface area (Å²) in [6, 6.07) is 24.8. The maximum atomic E-state index is 12.6. The SMILES string of the molecule is CCOC(=O)CC(C)[P+](c1ccccc1)(c1ccccc1)c1ccc[c]([Na])c1S(=O)(=O)O.[Cl-]. The third-order valence-electron chi connectivity index (χ3n) is 5.58. The van der Waals surface area contributed by atoms with Crippen molar-refractivity contribution >= 4 is 70.0 Å². The Morgan fingerprint density at radius 2 is 1.48 bits per heavy atom. The molecule has 0 aliphatic heterocycles. The van der Waals surface area contributed by atoms with Crippen molar-refractivity contribution in [2.24, 2.45) is 0 Å². The molecule has 0 aliphatic rings. The Morgan fingerprint density at radius 1 is 0.970 bits per heavy atom. The van der Waals surface area contributed by atoms with Crippen molar-refractivity contribution < 1.29 is 34.9 Å². The number of hydrogen-bond donors (Lipinski definition) is 1. The summed E-state index contributed by atoms with van der Waals surface area (Å²) in [6.45, 7) is 4.01. The number of hydrogen-bond acceptors (Lipinski definition) is 4. The van der Waals surface area contributed by atoms with Crippen molar-refractivity contribution in [3.8, 4) is 0 Å². The minimum atomic E-state index is -4.49. The van der Waals surface area contributed by atoms with E-state index in [0.717, 1.165) is 10.6 Å². The van der Waals surface area contributed by atoms with Crippen LogP contribution in [0, 0.1) is 0 Å². The van der Waals surface area contributed by atoms with Gasteiger partial charge in [0.25, 0.3) is 0 Å². The standard InChI is InChI=1S/C24H24O5PS.ClH.Na/c1-3-29-24(25)18-19(2)30(20-12-6-4-7-13-20,21-14-8-5-9-15-21)22-16-10-11-17-23(22)31(26,27)28;;/h4-16,19H,3,18H2,1-2H3;1H;. The summed E-state index contributed by atoms with van der Waals surface area (Å²) in [6.07, 6.45) is 0.127. The van der Waals surface area contributed by atoms with Gasteiger partial charge in [-0.25, -0.2) is 0 Å². The molecular weight excluding hydrogens is 490 g/mol. The molecule has 0 saturated heterocycles. The van der Waals surface area contributed by atoms with E-state index in [0.29, 0.717) is 36.0 Å². The third kappa shape index (κ3) is 5.88. The quantitative estimate of drug-likeness (QED) is 0.187. The van der Waals surface area contributed by atoms with Crippen LogP contribution in [0.2, 0.25) is 0 Å². The van der Waals surface area contributed by atoms with Crippen LogP contribution in [0.5, 0.6) is 0 Å². The van der Waals surface area contributed by atoms with E-state index in [1.165, 1.54) is 0 Å². The van der Waals surface area contributed by atoms with Gasteiger partial charge in [0.05, 0.1) is 0 Å². The van der Waals surface area contributed by atoms with E-state index in [1.54, 1.807) is 19.1 Å². The number of carbonyl (C=O) groups excluding carboxylic acids is 1. The molecule has 170 valence electrons. The summed E-state index contributed by atoms with van der Waals surface area (Å²) in [5, 5.41) is 2.46. The molecule has 0 radical (unpaired) electrons. The predicted molar refractivity (Wildman–Crippen MR) is 131 cm³/mol. The van der Waals surface area contributed by atoms with Crippen LogP contribution in [-0.2, 0) is 19.6 Å². The molecule has 0 bridgehead atoms. The van der Waals surface area contributed by atoms with Crippen LogP contribution in [-0.4, -0.2) is 59.1 Å². The van der Waals surface area contributed by atoms with Gasteiger partial charge in [-0.1, -0.05) is 0 Å². The van der Waals surface area contributed by atoms with E-state index in [1.807, 2.05) is 73.7 Å². The fourth-order valence-electron chi connectivity index (χ4n) is 4.35. The van der Waals surface area contributed by atoms with Crippen molar-refractivity contribution in [3.63, 3.8) is 0 Å². The average molecular weight is 515 g/mol. The fraction of sp³-hybridized carbons (Fsp3) is 0.208. The zero-order valence-electron chi connectivity index (χ0n) is 18.8. The smallest absolute Gasteiger partial charge is 1.00 e. The Labute approximate surface area is 219 Å². The molecular formula is C24H25ClNaO5PS. The van der Waals surface area contributed by atoms with Gasteiger partial charge in [-0.3, -0.25) is 0 Å². The largest absolute Gasteiger partial charge is 1.00 e. The second-order valence-corrected chi connectivity index (χ2v) is 13.9. The maximum absolute atomic E-state index is 12.6. The summed E-state index contributed by atoms with van der Waals surface area (Å²) in [4.78, 5) is 12.6. The van der Waals surface area contributed by atoms with Gasteiger partial charge in [0, 0.05) is 0 Å². The Balaban J connectivity index is 0.00000385. The Bertz CT molecular complexity index is 1150. The van der Waals surface area contributed by atoms with E-state index in [2.05, 4.69) is 0 Å². The summed E-state index contributed by atoms with van der Waals surface area (Å²) in [5.74, 6) is -0.327. The molecule has 3 aromatic carbocycles. The molecule has 1 N–H and O–H groups in total. The summed E-state index contributed by atoms with van der Waals surface area (Å²) in [5.41, 5.74) is -0.268. The summed E-state index contributed by atoms with van der Waals surface area (Å²) in [7, 11) is -7.19. The zero-order chi connectivity index (χ0) is 23.4. The number of benzene rings is 3. The maximum Gasteiger partial charge on any atom is -1.00 e. The van der Waals surface area contributed by atoms with Gasteiger partial charge in [0.15, 0.2) is 0 Å². The van der Waals surface area contributed by atoms with Gasteiger partial charge < -0.3 is 12.4 Å². The van der Waals surface area contributed by atoms with Gasteiger partial charge in [0.1, 0.15) is 0 Å². The number of ether oxygens (including phenoxy) is 1. The van der Waals surface area contributed by atoms with E-state index >= 15 is 0 Å². The summed E-state index contributed by atoms with van der Waals surface area (Å²) < 4.78 is 41.4. The van der Waals surface area contributed by atoms with Crippen LogP contribution in [0.15, 0.2) is 83.8 Å². The number of halogens is 1. The van der Waals surface area contributed by atoms with E-state index in [4.69, 9.17) is 4.74 Å². The molecule has 0 spiro atoms. The first-order valence-electron chi connectivity index (χ1n) is 10.5. The molecule has 1 unspecified atom stereocenters. The first kappa shape index (κ1) is 28.0. The van der Waals surface area contributed by atoms with Crippen LogP contribution < -0.4 is 31.1 Å². The second-order valence-electron chi connectivity index (χ2n) is 7.65. The van der Waals surface area contributed by atoms with Crippen molar-refractivity contribution in [1.82, 2.24) is 0 Å². The summed E-state index contributed by atoms with van der Waals surface area (Å²) >= 11 is 0.445. The Kier molecular flexibility index (Phi) is 10.1. The van der Waals surface area contributed by atoms with Crippen LogP contribution in [0.4, 0.5) is 0 Å². The van der Waals surface area contributed by atoms with Crippen LogP contribution in [0.25, 0.3) is 0 Å². The number of rotatable bonds is 8. The van der Waals surface area contributed by atoms with Crippen molar-refractivity contribution in [2.45, 2.75) is 30.8 Å². The third-order valence-corrected chi connectivity index (χ3v) is 12.9. The van der Waals surface area contributed by atoms with E-state index in [-0.39, 0.29) is 42.0 Å². The van der Waals surface area contributed by atoms with E-state index in [9.17, 15) is 17.8 Å². The molecule has 33 heavy (non-hydrogen) atoms. The molecule has 0 saturated carbocycles. The zero-order valence-corrected chi connectivity index (χ0v) is 23.3. The van der Waals surface area contributed by atoms with E-state index < -0.39 is 17.4 Å². The van der Waals surface area contributed by atoms with Gasteiger partial charge in [-0.15, -0.1) is 0 Å². The van der Waals surface area contributed by atoms with Crippen molar-refractivity contribution in [2.75, 3.05) is 6.61 Å². The van der Waals surface area contributed by atoms with Crippen LogP contribution in [0.3, 0.4) is 0 Å². The molecule has 3 rings (SSSR count). The van der Waals surface area contributed by atoms with Crippen LogP contribution >= 0.6 is 7.26 Å². The molecule has 5 nitrogen and oxygen atoms in total. The molecule has 9 heteroatoms. The molecule has 1 atom stereocenters.